The van der Waals surface area contributed by atoms with Crippen molar-refractivity contribution in [2.24, 2.45) is 0 Å². The predicted octanol–water partition coefficient (Wildman–Crippen LogP) is 4.79. The number of benzene rings is 2. The highest BCUT2D eigenvalue weighted by atomic mass is 79.9. The van der Waals surface area contributed by atoms with E-state index in [1.54, 1.807) is 13.2 Å². The lowest BCUT2D eigenvalue weighted by Gasteiger charge is -2.26. The van der Waals surface area contributed by atoms with Crippen LogP contribution in [0.3, 0.4) is 0 Å². The van der Waals surface area contributed by atoms with E-state index in [-0.39, 0.29) is 11.9 Å². The molecular formula is C17H19BrFNO. The van der Waals surface area contributed by atoms with Crippen molar-refractivity contribution >= 4 is 15.9 Å². The minimum absolute atomic E-state index is 0.0186. The Labute approximate surface area is 133 Å². The Hall–Kier alpha value is -1.39. The monoisotopic (exact) mass is 351 g/mol. The van der Waals surface area contributed by atoms with Gasteiger partial charge in [-0.25, -0.2) is 4.39 Å². The maximum absolute atomic E-state index is 13.9. The molecule has 1 unspecified atom stereocenters. The van der Waals surface area contributed by atoms with E-state index in [0.717, 1.165) is 15.8 Å². The zero-order valence-corrected chi connectivity index (χ0v) is 14.0. The summed E-state index contributed by atoms with van der Waals surface area (Å²) in [5, 5.41) is 0. The van der Waals surface area contributed by atoms with E-state index in [2.05, 4.69) is 20.8 Å². The largest absolute Gasteiger partial charge is 0.496 e. The molecule has 0 aliphatic rings. The first-order valence-corrected chi connectivity index (χ1v) is 7.59. The summed E-state index contributed by atoms with van der Waals surface area (Å²) in [5.74, 6) is 0.670. The average molecular weight is 352 g/mol. The number of hydrogen-bond donors (Lipinski definition) is 0. The van der Waals surface area contributed by atoms with Gasteiger partial charge in [-0.05, 0) is 38.2 Å². The molecule has 0 saturated heterocycles. The van der Waals surface area contributed by atoms with Gasteiger partial charge in [0, 0.05) is 28.2 Å². The number of methoxy groups -OCH3 is 1. The first-order chi connectivity index (χ1) is 10.0. The summed E-state index contributed by atoms with van der Waals surface area (Å²) in [4.78, 5) is 2.10. The molecule has 21 heavy (non-hydrogen) atoms. The zero-order valence-electron chi connectivity index (χ0n) is 12.4. The van der Waals surface area contributed by atoms with Gasteiger partial charge in [0.2, 0.25) is 0 Å². The van der Waals surface area contributed by atoms with E-state index in [1.807, 2.05) is 44.3 Å². The van der Waals surface area contributed by atoms with Gasteiger partial charge in [0.05, 0.1) is 7.11 Å². The average Bonchev–Trinajstić information content (AvgIpc) is 2.47. The van der Waals surface area contributed by atoms with Crippen LogP contribution in [0.4, 0.5) is 4.39 Å². The molecule has 4 heteroatoms. The normalized spacial score (nSPS) is 12.5. The van der Waals surface area contributed by atoms with Crippen LogP contribution >= 0.6 is 15.9 Å². The van der Waals surface area contributed by atoms with Crippen LogP contribution in [-0.4, -0.2) is 19.1 Å². The Balaban J connectivity index is 2.20. The van der Waals surface area contributed by atoms with Crippen molar-refractivity contribution in [3.05, 3.63) is 63.9 Å². The second-order valence-electron chi connectivity index (χ2n) is 5.07. The number of rotatable bonds is 5. The molecule has 0 heterocycles. The highest BCUT2D eigenvalue weighted by Crippen LogP contribution is 2.28. The number of halogens is 2. The van der Waals surface area contributed by atoms with Gasteiger partial charge >= 0.3 is 0 Å². The lowest BCUT2D eigenvalue weighted by atomic mass is 10.1. The van der Waals surface area contributed by atoms with Crippen molar-refractivity contribution in [1.29, 1.82) is 0 Å². The van der Waals surface area contributed by atoms with E-state index in [1.165, 1.54) is 6.07 Å². The summed E-state index contributed by atoms with van der Waals surface area (Å²) in [6, 6.07) is 12.8. The van der Waals surface area contributed by atoms with Crippen molar-refractivity contribution in [3.8, 4) is 5.75 Å². The summed E-state index contributed by atoms with van der Waals surface area (Å²) in [6.07, 6.45) is 0. The maximum atomic E-state index is 13.9. The predicted molar refractivity (Wildman–Crippen MR) is 87.0 cm³/mol. The molecule has 0 radical (unpaired) electrons. The number of nitrogens with zero attached hydrogens (tertiary/aromatic N) is 1. The smallest absolute Gasteiger partial charge is 0.127 e. The molecule has 0 aromatic heterocycles. The Bertz CT molecular complexity index is 617. The Morgan fingerprint density at radius 2 is 1.95 bits per heavy atom. The lowest BCUT2D eigenvalue weighted by Crippen LogP contribution is -2.23. The fourth-order valence-electron chi connectivity index (χ4n) is 2.33. The van der Waals surface area contributed by atoms with Crippen LogP contribution in [0, 0.1) is 5.82 Å². The third-order valence-corrected chi connectivity index (χ3v) is 4.17. The minimum atomic E-state index is -0.168. The van der Waals surface area contributed by atoms with Crippen molar-refractivity contribution < 1.29 is 9.13 Å². The fourth-order valence-corrected chi connectivity index (χ4v) is 2.74. The standard InChI is InChI=1S/C17H19BrFNO/c1-12(15-6-4-5-7-16(15)19)20(2)11-13-10-14(18)8-9-17(13)21-3/h4-10,12H,11H2,1-3H3. The molecule has 0 bridgehead atoms. The molecule has 0 amide bonds. The molecule has 0 aliphatic carbocycles. The van der Waals surface area contributed by atoms with Crippen LogP contribution in [0.5, 0.6) is 5.75 Å². The third kappa shape index (κ3) is 3.83. The molecule has 0 fully saturated rings. The van der Waals surface area contributed by atoms with Crippen LogP contribution in [0.15, 0.2) is 46.9 Å². The zero-order chi connectivity index (χ0) is 15.4. The van der Waals surface area contributed by atoms with Crippen molar-refractivity contribution in [2.75, 3.05) is 14.2 Å². The number of ether oxygens (including phenoxy) is 1. The summed E-state index contributed by atoms with van der Waals surface area (Å²) < 4.78 is 20.3. The molecule has 112 valence electrons. The van der Waals surface area contributed by atoms with E-state index in [4.69, 9.17) is 4.74 Å². The second kappa shape index (κ2) is 7.05. The molecule has 0 aliphatic heterocycles. The quantitative estimate of drug-likeness (QED) is 0.767. The summed E-state index contributed by atoms with van der Waals surface area (Å²) in [6.45, 7) is 2.68. The van der Waals surface area contributed by atoms with E-state index < -0.39 is 0 Å². The van der Waals surface area contributed by atoms with E-state index in [9.17, 15) is 4.39 Å². The Kier molecular flexibility index (Phi) is 5.37. The molecular weight excluding hydrogens is 333 g/mol. The van der Waals surface area contributed by atoms with E-state index >= 15 is 0 Å². The molecule has 0 saturated carbocycles. The molecule has 2 aromatic carbocycles. The van der Waals surface area contributed by atoms with Gasteiger partial charge in [-0.1, -0.05) is 34.1 Å². The van der Waals surface area contributed by atoms with Gasteiger partial charge in [-0.3, -0.25) is 4.90 Å². The van der Waals surface area contributed by atoms with E-state index in [0.29, 0.717) is 12.1 Å². The lowest BCUT2D eigenvalue weighted by molar-refractivity contribution is 0.244. The van der Waals surface area contributed by atoms with Crippen LogP contribution < -0.4 is 4.74 Å². The topological polar surface area (TPSA) is 12.5 Å². The summed E-state index contributed by atoms with van der Waals surface area (Å²) in [7, 11) is 3.64. The van der Waals surface area contributed by atoms with Crippen LogP contribution in [0.25, 0.3) is 0 Å². The van der Waals surface area contributed by atoms with Gasteiger partial charge in [-0.15, -0.1) is 0 Å². The summed E-state index contributed by atoms with van der Waals surface area (Å²) in [5.41, 5.74) is 1.77. The van der Waals surface area contributed by atoms with Crippen LogP contribution in [0.2, 0.25) is 0 Å². The fraction of sp³-hybridized carbons (Fsp3) is 0.294. The van der Waals surface area contributed by atoms with Crippen LogP contribution in [0.1, 0.15) is 24.1 Å². The van der Waals surface area contributed by atoms with Gasteiger partial charge in [0.1, 0.15) is 11.6 Å². The molecule has 0 N–H and O–H groups in total. The first-order valence-electron chi connectivity index (χ1n) is 6.80. The van der Waals surface area contributed by atoms with Gasteiger partial charge in [0.25, 0.3) is 0 Å². The Morgan fingerprint density at radius 3 is 2.62 bits per heavy atom. The maximum Gasteiger partial charge on any atom is 0.127 e. The molecule has 2 nitrogen and oxygen atoms in total. The third-order valence-electron chi connectivity index (χ3n) is 3.68. The van der Waals surface area contributed by atoms with Crippen molar-refractivity contribution in [1.82, 2.24) is 4.90 Å². The SMILES string of the molecule is COc1ccc(Br)cc1CN(C)C(C)c1ccccc1F. The highest BCUT2D eigenvalue weighted by molar-refractivity contribution is 9.10. The first kappa shape index (κ1) is 16.0. The molecule has 2 rings (SSSR count). The van der Waals surface area contributed by atoms with Gasteiger partial charge in [0.15, 0.2) is 0 Å². The number of hydrogen-bond acceptors (Lipinski definition) is 2. The molecule has 1 atom stereocenters. The molecule has 2 aromatic rings. The Morgan fingerprint density at radius 1 is 1.24 bits per heavy atom. The highest BCUT2D eigenvalue weighted by Gasteiger charge is 2.17. The van der Waals surface area contributed by atoms with Gasteiger partial charge < -0.3 is 4.74 Å². The molecule has 0 spiro atoms. The van der Waals surface area contributed by atoms with Crippen LogP contribution in [-0.2, 0) is 6.54 Å². The van der Waals surface area contributed by atoms with Gasteiger partial charge in [-0.2, -0.15) is 0 Å². The van der Waals surface area contributed by atoms with Crippen molar-refractivity contribution in [2.45, 2.75) is 19.5 Å². The summed E-state index contributed by atoms with van der Waals surface area (Å²) >= 11 is 3.47. The second-order valence-corrected chi connectivity index (χ2v) is 5.98. The van der Waals surface area contributed by atoms with Crippen molar-refractivity contribution in [3.63, 3.8) is 0 Å². The minimum Gasteiger partial charge on any atom is -0.496 e.